The Kier molecular flexibility index (Phi) is 6.22. The largest absolute Gasteiger partial charge is 0.508 e. The van der Waals surface area contributed by atoms with Gasteiger partial charge < -0.3 is 15.7 Å². The number of hydrogen-bond acceptors (Lipinski definition) is 4. The Morgan fingerprint density at radius 3 is 2.50 bits per heavy atom. The number of phenolic OH excluding ortho intramolecular Hbond substituents is 1. The van der Waals surface area contributed by atoms with Crippen molar-refractivity contribution in [3.05, 3.63) is 59.7 Å². The summed E-state index contributed by atoms with van der Waals surface area (Å²) in [5.41, 5.74) is 8.42. The molecule has 1 atom stereocenters. The molecule has 1 heterocycles. The highest BCUT2D eigenvalue weighted by molar-refractivity contribution is 8.00. The number of likely N-dealkylation sites (tertiary alicyclic amines) is 1. The lowest BCUT2D eigenvalue weighted by Crippen LogP contribution is -2.48. The lowest BCUT2D eigenvalue weighted by atomic mass is 10.0. The Morgan fingerprint density at radius 1 is 1.19 bits per heavy atom. The van der Waals surface area contributed by atoms with Crippen molar-refractivity contribution in [2.45, 2.75) is 42.4 Å². The number of nitrogens with zero attached hydrogens (tertiary/aromatic N) is 1. The second-order valence-corrected chi connectivity index (χ2v) is 8.23. The third kappa shape index (κ3) is 4.80. The smallest absolute Gasteiger partial charge is 0.239 e. The summed E-state index contributed by atoms with van der Waals surface area (Å²) in [7, 11) is 0. The Labute approximate surface area is 159 Å². The molecule has 1 saturated heterocycles. The van der Waals surface area contributed by atoms with Crippen molar-refractivity contribution in [1.82, 2.24) is 4.90 Å². The average molecular weight is 371 g/mol. The lowest BCUT2D eigenvalue weighted by Gasteiger charge is -2.33. The zero-order valence-corrected chi connectivity index (χ0v) is 15.9. The SMILES string of the molecule is Cc1ccccc1SC1CCN(C(=O)[C@@H](N)Cc2ccc(O)cc2)CC1. The van der Waals surface area contributed by atoms with Crippen LogP contribution in [0.15, 0.2) is 53.4 Å². The molecule has 1 amide bonds. The fourth-order valence-electron chi connectivity index (χ4n) is 3.27. The Morgan fingerprint density at radius 2 is 1.85 bits per heavy atom. The number of nitrogens with two attached hydrogens (primary N) is 1. The van der Waals surface area contributed by atoms with E-state index >= 15 is 0 Å². The molecular weight excluding hydrogens is 344 g/mol. The zero-order chi connectivity index (χ0) is 18.5. The van der Waals surface area contributed by atoms with Gasteiger partial charge in [0.2, 0.25) is 5.91 Å². The summed E-state index contributed by atoms with van der Waals surface area (Å²) < 4.78 is 0. The number of carbonyl (C=O) groups excluding carboxylic acids is 1. The van der Waals surface area contributed by atoms with Crippen molar-refractivity contribution in [2.75, 3.05) is 13.1 Å². The van der Waals surface area contributed by atoms with Gasteiger partial charge in [-0.3, -0.25) is 4.79 Å². The summed E-state index contributed by atoms with van der Waals surface area (Å²) in [6, 6.07) is 14.8. The van der Waals surface area contributed by atoms with E-state index in [9.17, 15) is 9.90 Å². The Hall–Kier alpha value is -1.98. The summed E-state index contributed by atoms with van der Waals surface area (Å²) in [6.07, 6.45) is 2.49. The maximum atomic E-state index is 12.6. The van der Waals surface area contributed by atoms with Crippen LogP contribution >= 0.6 is 11.8 Å². The first-order chi connectivity index (χ1) is 12.5. The van der Waals surface area contributed by atoms with Gasteiger partial charge in [0.05, 0.1) is 6.04 Å². The van der Waals surface area contributed by atoms with Gasteiger partial charge in [-0.2, -0.15) is 0 Å². The van der Waals surface area contributed by atoms with Crippen LogP contribution in [-0.4, -0.2) is 40.3 Å². The van der Waals surface area contributed by atoms with E-state index < -0.39 is 6.04 Å². The first kappa shape index (κ1) is 18.8. The first-order valence-electron chi connectivity index (χ1n) is 9.07. The molecule has 26 heavy (non-hydrogen) atoms. The Bertz CT molecular complexity index is 740. The molecule has 3 rings (SSSR count). The second-order valence-electron chi connectivity index (χ2n) is 6.89. The third-order valence-corrected chi connectivity index (χ3v) is 6.37. The molecule has 2 aromatic rings. The molecule has 5 heteroatoms. The van der Waals surface area contributed by atoms with Crippen LogP contribution in [0.2, 0.25) is 0 Å². The van der Waals surface area contributed by atoms with Gasteiger partial charge in [-0.15, -0.1) is 11.8 Å². The molecule has 0 radical (unpaired) electrons. The predicted octanol–water partition coefficient (Wildman–Crippen LogP) is 3.35. The average Bonchev–Trinajstić information content (AvgIpc) is 2.65. The van der Waals surface area contributed by atoms with Crippen LogP contribution in [0.3, 0.4) is 0 Å². The van der Waals surface area contributed by atoms with E-state index in [1.54, 1.807) is 12.1 Å². The van der Waals surface area contributed by atoms with Crippen molar-refractivity contribution in [2.24, 2.45) is 5.73 Å². The topological polar surface area (TPSA) is 66.6 Å². The van der Waals surface area contributed by atoms with Crippen LogP contribution in [0.4, 0.5) is 0 Å². The standard InChI is InChI=1S/C21H26N2O2S/c1-15-4-2-3-5-20(15)26-18-10-12-23(13-11-18)21(25)19(22)14-16-6-8-17(24)9-7-16/h2-9,18-19,24H,10-14,22H2,1H3/t19-/m0/s1. The van der Waals surface area contributed by atoms with Crippen LogP contribution < -0.4 is 5.73 Å². The van der Waals surface area contributed by atoms with Crippen LogP contribution in [0.25, 0.3) is 0 Å². The predicted molar refractivity (Wildman–Crippen MR) is 106 cm³/mol. The van der Waals surface area contributed by atoms with Crippen LogP contribution in [0, 0.1) is 6.92 Å². The highest BCUT2D eigenvalue weighted by Crippen LogP contribution is 2.32. The number of amides is 1. The van der Waals surface area contributed by atoms with Gasteiger partial charge in [0.15, 0.2) is 0 Å². The van der Waals surface area contributed by atoms with Gasteiger partial charge in [0.1, 0.15) is 5.75 Å². The second kappa shape index (κ2) is 8.60. The van der Waals surface area contributed by atoms with E-state index in [2.05, 4.69) is 31.2 Å². The molecule has 0 unspecified atom stereocenters. The van der Waals surface area contributed by atoms with Gasteiger partial charge >= 0.3 is 0 Å². The summed E-state index contributed by atoms with van der Waals surface area (Å²) in [4.78, 5) is 15.9. The normalized spacial score (nSPS) is 16.5. The summed E-state index contributed by atoms with van der Waals surface area (Å²) in [5, 5.41) is 9.89. The number of piperidine rings is 1. The zero-order valence-electron chi connectivity index (χ0n) is 15.1. The summed E-state index contributed by atoms with van der Waals surface area (Å²) in [6.45, 7) is 3.68. The minimum absolute atomic E-state index is 0.0254. The molecule has 2 aromatic carbocycles. The number of phenols is 1. The van der Waals surface area contributed by atoms with Gasteiger partial charge in [-0.1, -0.05) is 30.3 Å². The van der Waals surface area contributed by atoms with E-state index in [0.29, 0.717) is 11.7 Å². The van der Waals surface area contributed by atoms with E-state index in [4.69, 9.17) is 5.73 Å². The highest BCUT2D eigenvalue weighted by atomic mass is 32.2. The summed E-state index contributed by atoms with van der Waals surface area (Å²) >= 11 is 1.92. The van der Waals surface area contributed by atoms with Crippen LogP contribution in [0.5, 0.6) is 5.75 Å². The minimum Gasteiger partial charge on any atom is -0.508 e. The number of carbonyl (C=O) groups is 1. The maximum absolute atomic E-state index is 12.6. The van der Waals surface area contributed by atoms with Crippen LogP contribution in [-0.2, 0) is 11.2 Å². The summed E-state index contributed by atoms with van der Waals surface area (Å²) in [5.74, 6) is 0.249. The fraction of sp³-hybridized carbons (Fsp3) is 0.381. The van der Waals surface area contributed by atoms with Crippen molar-refractivity contribution in [1.29, 1.82) is 0 Å². The number of thioether (sulfide) groups is 1. The first-order valence-corrected chi connectivity index (χ1v) is 9.95. The number of aryl methyl sites for hydroxylation is 1. The molecule has 0 bridgehead atoms. The van der Waals surface area contributed by atoms with E-state index in [-0.39, 0.29) is 11.7 Å². The van der Waals surface area contributed by atoms with Gasteiger partial charge in [-0.05, 0) is 55.5 Å². The third-order valence-electron chi connectivity index (χ3n) is 4.85. The molecule has 1 aliphatic heterocycles. The molecule has 4 nitrogen and oxygen atoms in total. The van der Waals surface area contributed by atoms with Crippen molar-refractivity contribution >= 4 is 17.7 Å². The number of aromatic hydroxyl groups is 1. The molecule has 1 fully saturated rings. The van der Waals surface area contributed by atoms with Gasteiger partial charge in [0.25, 0.3) is 0 Å². The van der Waals surface area contributed by atoms with E-state index in [1.807, 2.05) is 28.8 Å². The number of rotatable bonds is 5. The fourth-order valence-corrected chi connectivity index (χ4v) is 4.49. The quantitative estimate of drug-likeness (QED) is 0.847. The highest BCUT2D eigenvalue weighted by Gasteiger charge is 2.27. The molecule has 0 aromatic heterocycles. The maximum Gasteiger partial charge on any atom is 0.239 e. The molecule has 0 saturated carbocycles. The molecule has 0 aliphatic carbocycles. The molecule has 3 N–H and O–H groups in total. The molecular formula is C21H26N2O2S. The molecule has 0 spiro atoms. The van der Waals surface area contributed by atoms with Gasteiger partial charge in [-0.25, -0.2) is 0 Å². The van der Waals surface area contributed by atoms with Crippen LogP contribution in [0.1, 0.15) is 24.0 Å². The molecule has 138 valence electrons. The van der Waals surface area contributed by atoms with E-state index in [0.717, 1.165) is 31.5 Å². The van der Waals surface area contributed by atoms with E-state index in [1.165, 1.54) is 10.5 Å². The minimum atomic E-state index is -0.528. The van der Waals surface area contributed by atoms with Crippen molar-refractivity contribution in [3.63, 3.8) is 0 Å². The lowest BCUT2D eigenvalue weighted by molar-refractivity contribution is -0.133. The van der Waals surface area contributed by atoms with Gasteiger partial charge in [0, 0.05) is 23.2 Å². The monoisotopic (exact) mass is 370 g/mol. The van der Waals surface area contributed by atoms with Crippen molar-refractivity contribution < 1.29 is 9.90 Å². The Balaban J connectivity index is 1.50. The number of hydrogen-bond donors (Lipinski definition) is 2. The van der Waals surface area contributed by atoms with Crippen molar-refractivity contribution in [3.8, 4) is 5.75 Å². The number of benzene rings is 2. The molecule has 1 aliphatic rings.